The summed E-state index contributed by atoms with van der Waals surface area (Å²) in [6.45, 7) is 0. The number of nitrogens with zero attached hydrogens (tertiary/aromatic N) is 1. The minimum absolute atomic E-state index is 0.507. The third-order valence-corrected chi connectivity index (χ3v) is 1.45. The third kappa shape index (κ3) is 2.85. The highest BCUT2D eigenvalue weighted by atomic mass is 32.1. The summed E-state index contributed by atoms with van der Waals surface area (Å²) in [5, 5.41) is 0. The van der Waals surface area contributed by atoms with E-state index >= 15 is 0 Å². The zero-order valence-electron chi connectivity index (χ0n) is 6.62. The molecule has 1 aromatic heterocycles. The smallest absolute Gasteiger partial charge is 0.124 e. The summed E-state index contributed by atoms with van der Waals surface area (Å²) in [4.78, 5) is 4.02. The molecule has 0 aliphatic heterocycles. The minimum Gasteiger partial charge on any atom is -0.384 e. The molecule has 1 aromatic rings. The number of rotatable bonds is 1. The van der Waals surface area contributed by atoms with Gasteiger partial charge in [0.2, 0.25) is 0 Å². The summed E-state index contributed by atoms with van der Waals surface area (Å²) in [5.41, 5.74) is 6.19. The van der Waals surface area contributed by atoms with Crippen molar-refractivity contribution in [3.8, 4) is 11.8 Å². The Labute approximate surface area is 77.6 Å². The van der Waals surface area contributed by atoms with Gasteiger partial charge < -0.3 is 5.73 Å². The van der Waals surface area contributed by atoms with Crippen LogP contribution in [0.4, 0.5) is 5.82 Å². The fourth-order valence-electron chi connectivity index (χ4n) is 0.730. The molecule has 0 atom stereocenters. The van der Waals surface area contributed by atoms with E-state index in [2.05, 4.69) is 29.5 Å². The normalized spacial score (nSPS) is 8.75. The van der Waals surface area contributed by atoms with E-state index in [-0.39, 0.29) is 0 Å². The summed E-state index contributed by atoms with van der Waals surface area (Å²) in [6.07, 6.45) is 0.777. The summed E-state index contributed by atoms with van der Waals surface area (Å²) in [7, 11) is 0. The highest BCUT2D eigenvalue weighted by Crippen LogP contribution is 1.98. The standard InChI is InChI=1S/C9H10N2S/c10-9-6-3-5-8(11-9)4-1-2-7-12/h3,5-6,12H,2,7H2,(H2,10,11). The number of pyridine rings is 1. The molecule has 0 saturated carbocycles. The highest BCUT2D eigenvalue weighted by molar-refractivity contribution is 7.80. The van der Waals surface area contributed by atoms with Crippen molar-refractivity contribution >= 4 is 18.4 Å². The summed E-state index contributed by atoms with van der Waals surface area (Å²) >= 11 is 4.04. The maximum Gasteiger partial charge on any atom is 0.124 e. The Bertz CT molecular complexity index is 312. The maximum absolute atomic E-state index is 5.47. The van der Waals surface area contributed by atoms with Crippen molar-refractivity contribution in [3.05, 3.63) is 23.9 Å². The van der Waals surface area contributed by atoms with Crippen LogP contribution in [-0.2, 0) is 0 Å². The zero-order valence-corrected chi connectivity index (χ0v) is 7.51. The monoisotopic (exact) mass is 178 g/mol. The molecule has 0 spiro atoms. The molecule has 0 aromatic carbocycles. The van der Waals surface area contributed by atoms with Gasteiger partial charge in [-0.25, -0.2) is 4.98 Å². The van der Waals surface area contributed by atoms with Crippen LogP contribution in [0.1, 0.15) is 12.1 Å². The van der Waals surface area contributed by atoms with E-state index in [0.717, 1.165) is 17.9 Å². The lowest BCUT2D eigenvalue weighted by Gasteiger charge is -1.90. The Hall–Kier alpha value is -1.14. The van der Waals surface area contributed by atoms with Crippen LogP contribution in [0.5, 0.6) is 0 Å². The Kier molecular flexibility index (Phi) is 3.49. The second-order valence-electron chi connectivity index (χ2n) is 2.22. The number of hydrogen-bond acceptors (Lipinski definition) is 3. The SMILES string of the molecule is Nc1cccc(C#CCCS)n1. The first-order chi connectivity index (χ1) is 5.83. The van der Waals surface area contributed by atoms with Gasteiger partial charge in [0.05, 0.1) is 0 Å². The second kappa shape index (κ2) is 4.68. The van der Waals surface area contributed by atoms with E-state index in [4.69, 9.17) is 5.73 Å². The molecule has 2 N–H and O–H groups in total. The first-order valence-electron chi connectivity index (χ1n) is 3.65. The Morgan fingerprint density at radius 1 is 1.50 bits per heavy atom. The molecule has 0 fully saturated rings. The first-order valence-corrected chi connectivity index (χ1v) is 4.28. The Morgan fingerprint density at radius 2 is 2.33 bits per heavy atom. The van der Waals surface area contributed by atoms with Crippen LogP contribution in [0.15, 0.2) is 18.2 Å². The van der Waals surface area contributed by atoms with Gasteiger partial charge in [0.15, 0.2) is 0 Å². The van der Waals surface area contributed by atoms with Gasteiger partial charge in [-0.1, -0.05) is 12.0 Å². The molecular weight excluding hydrogens is 168 g/mol. The van der Waals surface area contributed by atoms with Crippen molar-refractivity contribution in [2.45, 2.75) is 6.42 Å². The second-order valence-corrected chi connectivity index (χ2v) is 2.67. The van der Waals surface area contributed by atoms with Crippen LogP contribution in [0.2, 0.25) is 0 Å². The lowest BCUT2D eigenvalue weighted by atomic mass is 10.3. The Balaban J connectivity index is 2.71. The zero-order chi connectivity index (χ0) is 8.81. The first kappa shape index (κ1) is 8.95. The fraction of sp³-hybridized carbons (Fsp3) is 0.222. The number of thiol groups is 1. The van der Waals surface area contributed by atoms with Crippen molar-refractivity contribution in [2.75, 3.05) is 11.5 Å². The predicted octanol–water partition coefficient (Wildman–Crippen LogP) is 1.34. The predicted molar refractivity (Wildman–Crippen MR) is 54.0 cm³/mol. The molecule has 0 aliphatic carbocycles. The lowest BCUT2D eigenvalue weighted by molar-refractivity contribution is 1.28. The van der Waals surface area contributed by atoms with E-state index in [1.165, 1.54) is 0 Å². The van der Waals surface area contributed by atoms with E-state index in [1.54, 1.807) is 6.07 Å². The van der Waals surface area contributed by atoms with E-state index in [0.29, 0.717) is 5.82 Å². The minimum atomic E-state index is 0.507. The van der Waals surface area contributed by atoms with Gasteiger partial charge in [-0.15, -0.1) is 0 Å². The lowest BCUT2D eigenvalue weighted by Crippen LogP contribution is -1.90. The van der Waals surface area contributed by atoms with Crippen LogP contribution >= 0.6 is 12.6 Å². The highest BCUT2D eigenvalue weighted by Gasteiger charge is 1.87. The van der Waals surface area contributed by atoms with Crippen molar-refractivity contribution in [1.82, 2.24) is 4.98 Å². The number of nitrogen functional groups attached to an aromatic ring is 1. The van der Waals surface area contributed by atoms with Crippen LogP contribution in [0, 0.1) is 11.8 Å². The van der Waals surface area contributed by atoms with E-state index in [9.17, 15) is 0 Å². The molecule has 1 heterocycles. The van der Waals surface area contributed by atoms with Gasteiger partial charge >= 0.3 is 0 Å². The molecule has 0 saturated heterocycles. The molecule has 0 bridgehead atoms. The average Bonchev–Trinajstić information content (AvgIpc) is 2.05. The topological polar surface area (TPSA) is 38.9 Å². The number of aromatic nitrogens is 1. The Morgan fingerprint density at radius 3 is 3.00 bits per heavy atom. The van der Waals surface area contributed by atoms with Crippen molar-refractivity contribution in [2.24, 2.45) is 0 Å². The van der Waals surface area contributed by atoms with Crippen LogP contribution in [0.3, 0.4) is 0 Å². The number of hydrogen-bond donors (Lipinski definition) is 2. The molecule has 3 heteroatoms. The summed E-state index contributed by atoms with van der Waals surface area (Å²) in [5.74, 6) is 7.11. The van der Waals surface area contributed by atoms with Gasteiger partial charge in [0, 0.05) is 12.2 Å². The van der Waals surface area contributed by atoms with Gasteiger partial charge in [0.1, 0.15) is 11.5 Å². The van der Waals surface area contributed by atoms with Crippen molar-refractivity contribution in [3.63, 3.8) is 0 Å². The molecule has 2 nitrogen and oxygen atoms in total. The number of anilines is 1. The average molecular weight is 178 g/mol. The molecule has 1 rings (SSSR count). The van der Waals surface area contributed by atoms with Gasteiger partial charge in [-0.2, -0.15) is 12.6 Å². The maximum atomic E-state index is 5.47. The van der Waals surface area contributed by atoms with E-state index in [1.807, 2.05) is 12.1 Å². The van der Waals surface area contributed by atoms with Gasteiger partial charge in [0.25, 0.3) is 0 Å². The van der Waals surface area contributed by atoms with Crippen LogP contribution < -0.4 is 5.73 Å². The van der Waals surface area contributed by atoms with Crippen LogP contribution in [-0.4, -0.2) is 10.7 Å². The molecule has 0 amide bonds. The molecule has 62 valence electrons. The fourth-order valence-corrected chi connectivity index (χ4v) is 0.842. The molecular formula is C9H10N2S. The summed E-state index contributed by atoms with van der Waals surface area (Å²) < 4.78 is 0. The molecule has 0 radical (unpaired) electrons. The van der Waals surface area contributed by atoms with Crippen molar-refractivity contribution < 1.29 is 0 Å². The molecule has 0 aliphatic rings. The number of nitrogens with two attached hydrogens (primary N) is 1. The largest absolute Gasteiger partial charge is 0.384 e. The van der Waals surface area contributed by atoms with Crippen molar-refractivity contribution in [1.29, 1.82) is 0 Å². The van der Waals surface area contributed by atoms with Gasteiger partial charge in [-0.3, -0.25) is 0 Å². The quantitative estimate of drug-likeness (QED) is 0.503. The summed E-state index contributed by atoms with van der Waals surface area (Å²) in [6, 6.07) is 5.42. The molecule has 12 heavy (non-hydrogen) atoms. The third-order valence-electron chi connectivity index (χ3n) is 1.22. The van der Waals surface area contributed by atoms with Gasteiger partial charge in [-0.05, 0) is 18.1 Å². The molecule has 0 unspecified atom stereocenters. The van der Waals surface area contributed by atoms with E-state index < -0.39 is 0 Å². The van der Waals surface area contributed by atoms with Crippen LogP contribution in [0.25, 0.3) is 0 Å².